The molecule has 4 nitrogen and oxygen atoms in total. The van der Waals surface area contributed by atoms with Crippen molar-refractivity contribution in [3.63, 3.8) is 0 Å². The van der Waals surface area contributed by atoms with Crippen LogP contribution in [0.25, 0.3) is 0 Å². The summed E-state index contributed by atoms with van der Waals surface area (Å²) < 4.78 is 24.1. The maximum absolute atomic E-state index is 17.9. The van der Waals surface area contributed by atoms with E-state index in [-0.39, 0.29) is 29.2 Å². The molecule has 1 fully saturated rings. The minimum absolute atomic E-state index is 0.138. The molecule has 0 saturated carbocycles. The molecule has 6 rings (SSSR count). The number of allylic oxidation sites excluding steroid dienone is 1. The molecule has 3 atom stereocenters. The number of hydrogen-bond acceptors (Lipinski definition) is 5. The van der Waals surface area contributed by atoms with E-state index in [9.17, 15) is 4.79 Å². The molecule has 0 radical (unpaired) electrons. The van der Waals surface area contributed by atoms with Crippen LogP contribution in [-0.4, -0.2) is 63.0 Å². The summed E-state index contributed by atoms with van der Waals surface area (Å²) in [6.45, 7) is 7.35. The second-order valence-electron chi connectivity index (χ2n) is 12.9. The Kier molecular flexibility index (Phi) is 9.30. The Bertz CT molecular complexity index is 1680. The average molecular weight is 714 g/mol. The third kappa shape index (κ3) is 5.86. The third-order valence-corrected chi connectivity index (χ3v) is 17.4. The standard InChI is InChI=1S/C38H39FN2O2SSeSi/c1-36(2,3)46(32-20-12-6-13-21-32,33-22-14-7-15-23-33)43-27-31-26-37(39,30-18-10-5-11-19-30)38(45,44-31)41-25-24-34(40-28-41)35(42)29-16-8-4-9-17-29/h4-25,31,45H,26-28H2,1-3H3/t31-,37+,38+/m1/s1. The van der Waals surface area contributed by atoms with Gasteiger partial charge in [-0.15, -0.1) is 0 Å². The van der Waals surface area contributed by atoms with Crippen LogP contribution in [0.5, 0.6) is 0 Å². The van der Waals surface area contributed by atoms with Crippen molar-refractivity contribution in [3.05, 3.63) is 145 Å². The quantitative estimate of drug-likeness (QED) is 0.145. The third-order valence-electron chi connectivity index (χ3n) is 8.95. The van der Waals surface area contributed by atoms with E-state index in [1.807, 2.05) is 71.8 Å². The molecule has 0 bridgehead atoms. The van der Waals surface area contributed by atoms with Crippen molar-refractivity contribution >= 4 is 58.0 Å². The number of nitrogens with zero attached hydrogens (tertiary/aromatic N) is 2. The van der Waals surface area contributed by atoms with Crippen LogP contribution in [-0.2, 0) is 10.1 Å². The molecule has 4 aromatic carbocycles. The first kappa shape index (κ1) is 32.7. The first-order valence-corrected chi connectivity index (χ1v) is 19.3. The van der Waals surface area contributed by atoms with Gasteiger partial charge < -0.3 is 0 Å². The van der Waals surface area contributed by atoms with Crippen molar-refractivity contribution < 1.29 is 13.6 Å². The summed E-state index contributed by atoms with van der Waals surface area (Å²) in [5.74, 6) is -0.138. The van der Waals surface area contributed by atoms with E-state index in [1.165, 1.54) is 10.4 Å². The molecule has 0 unspecified atom stereocenters. The van der Waals surface area contributed by atoms with Gasteiger partial charge in [0.1, 0.15) is 0 Å². The van der Waals surface area contributed by atoms with Crippen molar-refractivity contribution in [3.8, 4) is 0 Å². The Labute approximate surface area is 285 Å². The molecule has 8 heteroatoms. The van der Waals surface area contributed by atoms with E-state index in [0.717, 1.165) is 0 Å². The van der Waals surface area contributed by atoms with Crippen molar-refractivity contribution in [1.29, 1.82) is 0 Å². The number of rotatable bonds is 9. The van der Waals surface area contributed by atoms with Crippen LogP contribution in [0.4, 0.5) is 4.39 Å². The van der Waals surface area contributed by atoms with Crippen LogP contribution in [0.3, 0.4) is 0 Å². The zero-order valence-electron chi connectivity index (χ0n) is 26.3. The first-order valence-electron chi connectivity index (χ1n) is 15.6. The van der Waals surface area contributed by atoms with Gasteiger partial charge in [-0.1, -0.05) is 0 Å². The number of carbonyl (C=O) groups is 1. The zero-order valence-corrected chi connectivity index (χ0v) is 30.0. The Balaban J connectivity index is 1.32. The summed E-state index contributed by atoms with van der Waals surface area (Å²) in [5, 5.41) is 2.08. The summed E-state index contributed by atoms with van der Waals surface area (Å²) in [5.41, 5.74) is -0.141. The Morgan fingerprint density at radius 3 is 1.93 bits per heavy atom. The molecular formula is C38H39FN2O2SSeSi. The van der Waals surface area contributed by atoms with Crippen LogP contribution in [0.2, 0.25) is 5.04 Å². The van der Waals surface area contributed by atoms with Gasteiger partial charge in [-0.3, -0.25) is 0 Å². The van der Waals surface area contributed by atoms with E-state index in [4.69, 9.17) is 4.43 Å². The number of ketones is 1. The molecule has 0 amide bonds. The van der Waals surface area contributed by atoms with Gasteiger partial charge in [0.25, 0.3) is 0 Å². The predicted octanol–water partition coefficient (Wildman–Crippen LogP) is 6.60. The molecule has 2 aliphatic rings. The Morgan fingerprint density at radius 1 is 0.913 bits per heavy atom. The fourth-order valence-corrected chi connectivity index (χ4v) is 14.6. The molecule has 4 aromatic rings. The number of hydrogen-bond donors (Lipinski definition) is 0. The summed E-state index contributed by atoms with van der Waals surface area (Å²) in [6, 6.07) is 39.7. The van der Waals surface area contributed by atoms with Crippen molar-refractivity contribution in [2.45, 2.75) is 46.9 Å². The van der Waals surface area contributed by atoms with Crippen LogP contribution < -0.4 is 10.4 Å². The van der Waals surface area contributed by atoms with Crippen molar-refractivity contribution in [1.82, 2.24) is 4.90 Å². The van der Waals surface area contributed by atoms with E-state index >= 15 is 4.39 Å². The molecule has 1 saturated heterocycles. The van der Waals surface area contributed by atoms with Crippen LogP contribution in [0, 0.1) is 0 Å². The van der Waals surface area contributed by atoms with E-state index in [2.05, 4.69) is 90.3 Å². The molecule has 236 valence electrons. The molecule has 0 N–H and O–H groups in total. The van der Waals surface area contributed by atoms with Gasteiger partial charge in [-0.25, -0.2) is 0 Å². The van der Waals surface area contributed by atoms with Gasteiger partial charge >= 0.3 is 286 Å². The van der Waals surface area contributed by atoms with Gasteiger partial charge in [0, 0.05) is 0 Å². The SMILES string of the molecule is CC(C)(C)[Si](OC[C@H]1C[C@](F)(c2ccccc2)[C@]([SeH])(N2C=CC(C(=O)c3ccccc3)=NC2)S1)(c1ccccc1)c1ccccc1. The van der Waals surface area contributed by atoms with E-state index in [0.29, 0.717) is 23.4 Å². The maximum atomic E-state index is 17.9. The molecule has 2 aliphatic heterocycles. The normalized spacial score (nSPS) is 23.3. The summed E-state index contributed by atoms with van der Waals surface area (Å²) >= 11 is 4.20. The zero-order chi connectivity index (χ0) is 32.4. The second-order valence-corrected chi connectivity index (χ2v) is 20.7. The van der Waals surface area contributed by atoms with Gasteiger partial charge in [-0.05, 0) is 0 Å². The number of halogens is 1. The van der Waals surface area contributed by atoms with Gasteiger partial charge in [-0.2, -0.15) is 0 Å². The predicted molar refractivity (Wildman–Crippen MR) is 193 cm³/mol. The molecular weight excluding hydrogens is 675 g/mol. The topological polar surface area (TPSA) is 41.9 Å². The van der Waals surface area contributed by atoms with Crippen LogP contribution >= 0.6 is 11.8 Å². The fourth-order valence-electron chi connectivity index (χ4n) is 6.68. The minimum atomic E-state index is -2.81. The van der Waals surface area contributed by atoms with E-state index < -0.39 is 17.8 Å². The average Bonchev–Trinajstić information content (AvgIpc) is 3.36. The van der Waals surface area contributed by atoms with Crippen molar-refractivity contribution in [2.24, 2.45) is 4.99 Å². The van der Waals surface area contributed by atoms with Crippen LogP contribution in [0.1, 0.15) is 43.1 Å². The molecule has 2 heterocycles. The van der Waals surface area contributed by atoms with Crippen LogP contribution in [0.15, 0.2) is 139 Å². The molecule has 0 aliphatic carbocycles. The van der Waals surface area contributed by atoms with Crippen molar-refractivity contribution in [2.75, 3.05) is 13.3 Å². The summed E-state index contributed by atoms with van der Waals surface area (Å²) in [6.07, 6.45) is 3.82. The van der Waals surface area contributed by atoms with Gasteiger partial charge in [0.2, 0.25) is 0 Å². The number of aliphatic imine (C=N–C) groups is 1. The van der Waals surface area contributed by atoms with Gasteiger partial charge in [0.15, 0.2) is 0 Å². The summed E-state index contributed by atoms with van der Waals surface area (Å²) in [4.78, 5) is 19.7. The number of thioether (sulfide) groups is 1. The number of alkyl halides is 1. The second kappa shape index (κ2) is 13.1. The monoisotopic (exact) mass is 714 g/mol. The van der Waals surface area contributed by atoms with E-state index in [1.54, 1.807) is 30.0 Å². The number of benzene rings is 4. The molecule has 46 heavy (non-hydrogen) atoms. The van der Waals surface area contributed by atoms with Gasteiger partial charge in [0.05, 0.1) is 0 Å². The summed E-state index contributed by atoms with van der Waals surface area (Å²) in [7, 11) is -2.81. The Morgan fingerprint density at radius 2 is 1.43 bits per heavy atom. The fraction of sp³-hybridized carbons (Fsp3) is 0.263. The first-order chi connectivity index (χ1) is 22.1. The number of Topliss-reactive ketones (excluding diaryl/α,β-unsaturated/α-hetero) is 1. The molecule has 0 aromatic heterocycles. The Hall–Kier alpha value is -3.26. The molecule has 0 spiro atoms. The number of carbonyl (C=O) groups excluding carboxylic acids is 1.